The Labute approximate surface area is 195 Å². The van der Waals surface area contributed by atoms with Crippen LogP contribution in [0.3, 0.4) is 0 Å². The van der Waals surface area contributed by atoms with Gasteiger partial charge in [0.05, 0.1) is 0 Å². The normalized spacial score (nSPS) is 25.6. The molecule has 0 spiro atoms. The van der Waals surface area contributed by atoms with Gasteiger partial charge in [0.1, 0.15) is 24.9 Å². The molecule has 0 bridgehead atoms. The van der Waals surface area contributed by atoms with Gasteiger partial charge in [0, 0.05) is 17.9 Å². The molecule has 3 aliphatic rings. The summed E-state index contributed by atoms with van der Waals surface area (Å²) in [6, 6.07) is 16.1. The van der Waals surface area contributed by atoms with E-state index in [1.54, 1.807) is 5.01 Å². The summed E-state index contributed by atoms with van der Waals surface area (Å²) < 4.78 is 11.4. The van der Waals surface area contributed by atoms with Gasteiger partial charge in [-0.25, -0.2) is 5.84 Å². The van der Waals surface area contributed by atoms with Crippen LogP contribution in [-0.2, 0) is 6.42 Å². The highest BCUT2D eigenvalue weighted by atomic mass is 16.6. The number of likely N-dealkylation sites (tertiary alicyclic amines) is 1. The number of hydrazine groups is 1. The molecule has 2 fully saturated rings. The van der Waals surface area contributed by atoms with Crippen LogP contribution in [-0.4, -0.2) is 52.9 Å². The Balaban J connectivity index is 1.37. The number of nitrogens with two attached hydrogens (primary N) is 2. The number of rotatable bonds is 8. The van der Waals surface area contributed by atoms with Gasteiger partial charge in [-0.1, -0.05) is 36.4 Å². The van der Waals surface area contributed by atoms with Crippen LogP contribution in [0.2, 0.25) is 0 Å². The predicted molar refractivity (Wildman–Crippen MR) is 127 cm³/mol. The quantitative estimate of drug-likeness (QED) is 0.420. The van der Waals surface area contributed by atoms with Gasteiger partial charge in [0.2, 0.25) is 0 Å². The van der Waals surface area contributed by atoms with E-state index in [1.165, 1.54) is 18.4 Å². The lowest BCUT2D eigenvalue weighted by atomic mass is 9.98. The summed E-state index contributed by atoms with van der Waals surface area (Å²) >= 11 is 0. The Morgan fingerprint density at radius 1 is 1.12 bits per heavy atom. The zero-order valence-electron chi connectivity index (χ0n) is 19.0. The molecule has 1 unspecified atom stereocenters. The van der Waals surface area contributed by atoms with Crippen molar-refractivity contribution in [2.75, 3.05) is 26.3 Å². The third-order valence-electron chi connectivity index (χ3n) is 7.20. The lowest BCUT2D eigenvalue weighted by Crippen LogP contribution is -2.49. The number of hydrogen-bond donors (Lipinski definition) is 3. The molecule has 3 atom stereocenters. The second-order valence-corrected chi connectivity index (χ2v) is 9.36. The Kier molecular flexibility index (Phi) is 6.19. The van der Waals surface area contributed by atoms with E-state index in [1.807, 2.05) is 42.6 Å². The molecule has 1 saturated carbocycles. The molecule has 1 aliphatic carbocycles. The van der Waals surface area contributed by atoms with Gasteiger partial charge in [-0.05, 0) is 68.5 Å². The van der Waals surface area contributed by atoms with E-state index in [2.05, 4.69) is 17.0 Å². The minimum Gasteiger partial charge on any atom is -0.486 e. The number of aliphatic hydroxyl groups is 1. The van der Waals surface area contributed by atoms with Gasteiger partial charge in [-0.2, -0.15) is 0 Å². The number of aryl methyl sites for hydroxylation is 1. The Morgan fingerprint density at radius 2 is 1.85 bits per heavy atom. The van der Waals surface area contributed by atoms with Crippen molar-refractivity contribution in [3.05, 3.63) is 71.6 Å². The molecule has 0 aromatic heterocycles. The summed E-state index contributed by atoms with van der Waals surface area (Å²) in [6.07, 6.45) is 5.77. The minimum absolute atomic E-state index is 0.186. The molecule has 176 valence electrons. The maximum Gasteiger partial charge on any atom is 0.161 e. The molecule has 2 aromatic rings. The summed E-state index contributed by atoms with van der Waals surface area (Å²) in [5.41, 5.74) is 8.50. The highest BCUT2D eigenvalue weighted by Crippen LogP contribution is 2.54. The first-order valence-electron chi connectivity index (χ1n) is 11.9. The van der Waals surface area contributed by atoms with Crippen molar-refractivity contribution >= 4 is 0 Å². The highest BCUT2D eigenvalue weighted by molar-refractivity contribution is 5.46. The van der Waals surface area contributed by atoms with Crippen molar-refractivity contribution in [1.29, 1.82) is 0 Å². The standard InChI is InChI=1S/C26H34N4O3/c27-21(10-8-19-6-2-1-3-7-19)18-30(28)26(17-24(26)29-12-4-5-13-29)25(31)20-9-11-22-23(16-20)33-15-14-32-22/h1-3,6-7,9,11,16,18,24-25,31H,4-5,8,10,12-15,17,27-28H2/b21-18-/t24?,25-,26+/m1/s1. The largest absolute Gasteiger partial charge is 0.486 e. The van der Waals surface area contributed by atoms with Crippen LogP contribution >= 0.6 is 0 Å². The lowest BCUT2D eigenvalue weighted by Gasteiger charge is -2.35. The van der Waals surface area contributed by atoms with Crippen molar-refractivity contribution in [3.8, 4) is 11.5 Å². The molecule has 0 radical (unpaired) electrons. The average Bonchev–Trinajstić information content (AvgIpc) is 3.38. The maximum atomic E-state index is 11.6. The molecule has 0 amide bonds. The molecule has 5 N–H and O–H groups in total. The molecule has 2 aliphatic heterocycles. The van der Waals surface area contributed by atoms with Crippen molar-refractivity contribution in [3.63, 3.8) is 0 Å². The van der Waals surface area contributed by atoms with Gasteiger partial charge in [-0.3, -0.25) is 4.90 Å². The van der Waals surface area contributed by atoms with Crippen molar-refractivity contribution in [2.24, 2.45) is 11.6 Å². The fourth-order valence-corrected chi connectivity index (χ4v) is 5.28. The third kappa shape index (κ3) is 4.40. The van der Waals surface area contributed by atoms with Crippen LogP contribution < -0.4 is 21.1 Å². The Morgan fingerprint density at radius 3 is 2.61 bits per heavy atom. The summed E-state index contributed by atoms with van der Waals surface area (Å²) in [5.74, 6) is 8.04. The first kappa shape index (κ1) is 22.1. The number of benzene rings is 2. The molecule has 2 heterocycles. The monoisotopic (exact) mass is 450 g/mol. The van der Waals surface area contributed by atoms with E-state index in [0.717, 1.165) is 31.5 Å². The minimum atomic E-state index is -0.776. The van der Waals surface area contributed by atoms with Crippen molar-refractivity contribution in [2.45, 2.75) is 49.8 Å². The van der Waals surface area contributed by atoms with Crippen LogP contribution in [0.15, 0.2) is 60.4 Å². The van der Waals surface area contributed by atoms with E-state index in [9.17, 15) is 5.11 Å². The molecule has 1 saturated heterocycles. The zero-order valence-corrected chi connectivity index (χ0v) is 19.0. The van der Waals surface area contributed by atoms with Crippen LogP contribution in [0.5, 0.6) is 11.5 Å². The topological polar surface area (TPSA) is 97.2 Å². The van der Waals surface area contributed by atoms with Crippen LogP contribution in [0.4, 0.5) is 0 Å². The van der Waals surface area contributed by atoms with Crippen LogP contribution in [0, 0.1) is 0 Å². The lowest BCUT2D eigenvalue weighted by molar-refractivity contribution is 0.0370. The first-order valence-corrected chi connectivity index (χ1v) is 11.9. The average molecular weight is 451 g/mol. The van der Waals surface area contributed by atoms with Gasteiger partial charge in [0.15, 0.2) is 11.5 Å². The van der Waals surface area contributed by atoms with E-state index in [-0.39, 0.29) is 6.04 Å². The number of nitrogens with zero attached hydrogens (tertiary/aromatic N) is 2. The molecule has 33 heavy (non-hydrogen) atoms. The molecule has 2 aromatic carbocycles. The van der Waals surface area contributed by atoms with Crippen LogP contribution in [0.1, 0.15) is 42.9 Å². The van der Waals surface area contributed by atoms with Crippen LogP contribution in [0.25, 0.3) is 0 Å². The summed E-state index contributed by atoms with van der Waals surface area (Å²) in [6.45, 7) is 3.14. The Bertz CT molecular complexity index is 992. The first-order chi connectivity index (χ1) is 16.1. The summed E-state index contributed by atoms with van der Waals surface area (Å²) in [5, 5.41) is 13.3. The fraction of sp³-hybridized carbons (Fsp3) is 0.462. The zero-order chi connectivity index (χ0) is 22.8. The summed E-state index contributed by atoms with van der Waals surface area (Å²) in [7, 11) is 0. The van der Waals surface area contributed by atoms with E-state index >= 15 is 0 Å². The molecule has 7 heteroatoms. The van der Waals surface area contributed by atoms with E-state index < -0.39 is 11.6 Å². The number of fused-ring (bicyclic) bond motifs is 1. The van der Waals surface area contributed by atoms with E-state index in [0.29, 0.717) is 36.8 Å². The predicted octanol–water partition coefficient (Wildman–Crippen LogP) is 2.71. The fourth-order valence-electron chi connectivity index (χ4n) is 5.28. The van der Waals surface area contributed by atoms with Gasteiger partial charge >= 0.3 is 0 Å². The molecular formula is C26H34N4O3. The van der Waals surface area contributed by atoms with Crippen molar-refractivity contribution in [1.82, 2.24) is 9.91 Å². The number of hydrogen-bond acceptors (Lipinski definition) is 7. The summed E-state index contributed by atoms with van der Waals surface area (Å²) in [4.78, 5) is 2.45. The molecule has 5 rings (SSSR count). The van der Waals surface area contributed by atoms with Gasteiger partial charge in [0.25, 0.3) is 0 Å². The second kappa shape index (κ2) is 9.25. The van der Waals surface area contributed by atoms with Gasteiger partial charge in [-0.15, -0.1) is 0 Å². The molecule has 7 nitrogen and oxygen atoms in total. The number of ether oxygens (including phenoxy) is 2. The highest BCUT2D eigenvalue weighted by Gasteiger charge is 2.65. The third-order valence-corrected chi connectivity index (χ3v) is 7.20. The maximum absolute atomic E-state index is 11.6. The number of aliphatic hydroxyl groups excluding tert-OH is 1. The van der Waals surface area contributed by atoms with Gasteiger partial charge < -0.3 is 25.3 Å². The van der Waals surface area contributed by atoms with Crippen molar-refractivity contribution < 1.29 is 14.6 Å². The SMILES string of the molecule is N/C(=C\N(N)[C@@]1([C@H](O)c2ccc3c(c2)OCCO3)CC1N1CCCC1)CCc1ccccc1. The second-order valence-electron chi connectivity index (χ2n) is 9.36. The smallest absolute Gasteiger partial charge is 0.161 e. The molecular weight excluding hydrogens is 416 g/mol. The number of allylic oxidation sites excluding steroid dienone is 1. The Hall–Kier alpha value is -2.74. The van der Waals surface area contributed by atoms with E-state index in [4.69, 9.17) is 21.1 Å².